The van der Waals surface area contributed by atoms with Crippen molar-refractivity contribution in [1.29, 1.82) is 5.26 Å². The second-order valence-corrected chi connectivity index (χ2v) is 7.09. The molecule has 11 heteroatoms. The van der Waals surface area contributed by atoms with Gasteiger partial charge in [0.15, 0.2) is 16.7 Å². The number of nitriles is 1. The van der Waals surface area contributed by atoms with Crippen LogP contribution in [0.3, 0.4) is 0 Å². The van der Waals surface area contributed by atoms with Crippen molar-refractivity contribution in [2.24, 2.45) is 4.99 Å². The molecule has 0 atom stereocenters. The van der Waals surface area contributed by atoms with Gasteiger partial charge in [-0.3, -0.25) is 4.79 Å². The van der Waals surface area contributed by atoms with Gasteiger partial charge in [-0.05, 0) is 53.7 Å². The molecule has 2 aromatic rings. The number of alkyl halides is 4. The highest BCUT2D eigenvalue weighted by atomic mass is 32.2. The number of ether oxygens (including phenoxy) is 1. The van der Waals surface area contributed by atoms with E-state index in [0.29, 0.717) is 6.07 Å². The Hall–Kier alpha value is -3.39. The van der Waals surface area contributed by atoms with E-state index >= 15 is 0 Å². The molecule has 0 aliphatic carbocycles. The molecule has 0 spiro atoms. The SMILES string of the molecule is N#Cc1ccc(Oc2ccc(C=C3SC(NCCF)=NC3=O)cc2F)c(C(F)(F)F)c1. The molecule has 160 valence electrons. The van der Waals surface area contributed by atoms with Crippen molar-refractivity contribution < 1.29 is 31.5 Å². The third kappa shape index (κ3) is 5.40. The molecule has 0 bridgehead atoms. The van der Waals surface area contributed by atoms with Gasteiger partial charge in [-0.25, -0.2) is 8.78 Å². The first-order valence-electron chi connectivity index (χ1n) is 8.62. The lowest BCUT2D eigenvalue weighted by molar-refractivity contribution is -0.138. The fourth-order valence-electron chi connectivity index (χ4n) is 2.51. The number of amidine groups is 1. The molecule has 31 heavy (non-hydrogen) atoms. The highest BCUT2D eigenvalue weighted by Crippen LogP contribution is 2.39. The fraction of sp³-hybridized carbons (Fsp3) is 0.150. The Morgan fingerprint density at radius 1 is 1.19 bits per heavy atom. The number of benzene rings is 2. The number of carbonyl (C=O) groups excluding carboxylic acids is 1. The van der Waals surface area contributed by atoms with Crippen LogP contribution in [0.5, 0.6) is 11.5 Å². The maximum atomic E-state index is 14.5. The molecule has 1 amide bonds. The quantitative estimate of drug-likeness (QED) is 0.507. The predicted molar refractivity (Wildman–Crippen MR) is 105 cm³/mol. The van der Waals surface area contributed by atoms with E-state index in [-0.39, 0.29) is 27.7 Å². The van der Waals surface area contributed by atoms with Crippen LogP contribution >= 0.6 is 11.8 Å². The number of hydrogen-bond donors (Lipinski definition) is 1. The van der Waals surface area contributed by atoms with E-state index in [9.17, 15) is 26.7 Å². The summed E-state index contributed by atoms with van der Waals surface area (Å²) in [5.74, 6) is -2.67. The number of thioether (sulfide) groups is 1. The van der Waals surface area contributed by atoms with Gasteiger partial charge < -0.3 is 10.1 Å². The molecule has 0 saturated carbocycles. The van der Waals surface area contributed by atoms with Gasteiger partial charge in [-0.2, -0.15) is 23.4 Å². The minimum atomic E-state index is -4.81. The van der Waals surface area contributed by atoms with Crippen LogP contribution in [-0.4, -0.2) is 24.3 Å². The van der Waals surface area contributed by atoms with Gasteiger partial charge in [0.2, 0.25) is 0 Å². The summed E-state index contributed by atoms with van der Waals surface area (Å²) >= 11 is 0.953. The van der Waals surface area contributed by atoms with Crippen LogP contribution in [0.2, 0.25) is 0 Å². The summed E-state index contributed by atoms with van der Waals surface area (Å²) in [5, 5.41) is 11.6. The first kappa shape index (κ1) is 22.3. The Morgan fingerprint density at radius 2 is 1.94 bits per heavy atom. The van der Waals surface area contributed by atoms with Crippen molar-refractivity contribution in [1.82, 2.24) is 5.32 Å². The molecule has 0 unspecified atom stereocenters. The van der Waals surface area contributed by atoms with Gasteiger partial charge >= 0.3 is 6.18 Å². The van der Waals surface area contributed by atoms with Crippen molar-refractivity contribution in [3.8, 4) is 17.6 Å². The van der Waals surface area contributed by atoms with Gasteiger partial charge in [0.1, 0.15) is 12.4 Å². The van der Waals surface area contributed by atoms with Crippen LogP contribution in [0.15, 0.2) is 46.3 Å². The summed E-state index contributed by atoms with van der Waals surface area (Å²) in [7, 11) is 0. The summed E-state index contributed by atoms with van der Waals surface area (Å²) in [6.45, 7) is -0.656. The number of halogens is 5. The number of rotatable bonds is 5. The largest absolute Gasteiger partial charge is 0.454 e. The second kappa shape index (κ2) is 9.18. The maximum absolute atomic E-state index is 14.5. The normalized spacial score (nSPS) is 15.0. The first-order chi connectivity index (χ1) is 14.7. The highest BCUT2D eigenvalue weighted by Gasteiger charge is 2.35. The van der Waals surface area contributed by atoms with E-state index in [0.717, 1.165) is 36.0 Å². The monoisotopic (exact) mass is 453 g/mol. The Labute approximate surface area is 177 Å². The molecule has 1 heterocycles. The molecular weight excluding hydrogens is 441 g/mol. The lowest BCUT2D eigenvalue weighted by Gasteiger charge is -2.14. The van der Waals surface area contributed by atoms with Gasteiger partial charge in [-0.1, -0.05) is 6.07 Å². The topological polar surface area (TPSA) is 74.5 Å². The zero-order chi connectivity index (χ0) is 22.6. The summed E-state index contributed by atoms with van der Waals surface area (Å²) in [6, 6.07) is 7.74. The Balaban J connectivity index is 1.82. The van der Waals surface area contributed by atoms with Crippen LogP contribution in [0, 0.1) is 17.1 Å². The van der Waals surface area contributed by atoms with Crippen molar-refractivity contribution in [3.63, 3.8) is 0 Å². The molecule has 0 saturated heterocycles. The third-order valence-electron chi connectivity index (χ3n) is 3.88. The van der Waals surface area contributed by atoms with Crippen LogP contribution in [-0.2, 0) is 11.0 Å². The fourth-order valence-corrected chi connectivity index (χ4v) is 3.35. The summed E-state index contributed by atoms with van der Waals surface area (Å²) in [4.78, 5) is 15.7. The standard InChI is InChI=1S/C20H12F5N3O2S/c21-5-6-27-19-28-18(29)17(31-19)9-11-1-4-16(14(22)8-11)30-15-3-2-12(10-26)7-13(15)20(23,24)25/h1-4,7-9H,5-6H2,(H,27,28,29). The van der Waals surface area contributed by atoms with E-state index in [1.54, 1.807) is 6.07 Å². The van der Waals surface area contributed by atoms with Crippen molar-refractivity contribution >= 4 is 28.9 Å². The van der Waals surface area contributed by atoms with Crippen LogP contribution in [0.4, 0.5) is 22.0 Å². The number of amides is 1. The van der Waals surface area contributed by atoms with Crippen molar-refractivity contribution in [3.05, 3.63) is 63.8 Å². The van der Waals surface area contributed by atoms with E-state index in [1.165, 1.54) is 12.1 Å². The first-order valence-corrected chi connectivity index (χ1v) is 9.44. The molecule has 1 aliphatic rings. The van der Waals surface area contributed by atoms with Crippen LogP contribution in [0.1, 0.15) is 16.7 Å². The van der Waals surface area contributed by atoms with Gasteiger partial charge in [-0.15, -0.1) is 0 Å². The third-order valence-corrected chi connectivity index (χ3v) is 4.82. The lowest BCUT2D eigenvalue weighted by Crippen LogP contribution is -2.21. The van der Waals surface area contributed by atoms with Crippen molar-refractivity contribution in [2.75, 3.05) is 13.2 Å². The number of aliphatic imine (C=N–C) groups is 1. The van der Waals surface area contributed by atoms with Crippen LogP contribution in [0.25, 0.3) is 6.08 Å². The van der Waals surface area contributed by atoms with E-state index in [1.807, 2.05) is 0 Å². The molecule has 0 fully saturated rings. The van der Waals surface area contributed by atoms with Crippen LogP contribution < -0.4 is 10.1 Å². The van der Waals surface area contributed by atoms with Crippen molar-refractivity contribution in [2.45, 2.75) is 6.18 Å². The number of nitrogens with zero attached hydrogens (tertiary/aromatic N) is 2. The summed E-state index contributed by atoms with van der Waals surface area (Å²) < 4.78 is 71.5. The molecular formula is C20H12F5N3O2S. The minimum Gasteiger partial charge on any atom is -0.454 e. The average molecular weight is 453 g/mol. The predicted octanol–water partition coefficient (Wildman–Crippen LogP) is 5.04. The molecule has 3 rings (SSSR count). The average Bonchev–Trinajstić information content (AvgIpc) is 3.07. The molecule has 0 radical (unpaired) electrons. The second-order valence-electron chi connectivity index (χ2n) is 6.06. The Morgan fingerprint density at radius 3 is 2.58 bits per heavy atom. The lowest BCUT2D eigenvalue weighted by atomic mass is 10.1. The molecule has 1 N–H and O–H groups in total. The minimum absolute atomic E-state index is 0.0116. The summed E-state index contributed by atoms with van der Waals surface area (Å²) in [6.07, 6.45) is -3.46. The Kier molecular flexibility index (Phi) is 6.60. The zero-order valence-corrected chi connectivity index (χ0v) is 16.3. The number of nitrogens with one attached hydrogen (secondary N) is 1. The highest BCUT2D eigenvalue weighted by molar-refractivity contribution is 8.18. The van der Waals surface area contributed by atoms with E-state index in [4.69, 9.17) is 10.00 Å². The van der Waals surface area contributed by atoms with Gasteiger partial charge in [0.05, 0.1) is 22.1 Å². The van der Waals surface area contributed by atoms with E-state index < -0.39 is 41.6 Å². The van der Waals surface area contributed by atoms with E-state index in [2.05, 4.69) is 10.3 Å². The summed E-state index contributed by atoms with van der Waals surface area (Å²) in [5.41, 5.74) is -1.18. The smallest absolute Gasteiger partial charge is 0.420 e. The van der Waals surface area contributed by atoms with Gasteiger partial charge in [0, 0.05) is 6.54 Å². The number of carbonyl (C=O) groups is 1. The molecule has 1 aliphatic heterocycles. The maximum Gasteiger partial charge on any atom is 0.420 e. The number of hydrogen-bond acceptors (Lipinski definition) is 5. The molecule has 0 aromatic heterocycles. The molecule has 2 aromatic carbocycles. The Bertz CT molecular complexity index is 1120. The van der Waals surface area contributed by atoms with Gasteiger partial charge in [0.25, 0.3) is 5.91 Å². The molecule has 5 nitrogen and oxygen atoms in total. The zero-order valence-electron chi connectivity index (χ0n) is 15.5.